The van der Waals surface area contributed by atoms with E-state index in [1.165, 1.54) is 12.1 Å². The van der Waals surface area contributed by atoms with Crippen molar-refractivity contribution < 1.29 is 9.53 Å². The highest BCUT2D eigenvalue weighted by Crippen LogP contribution is 2.29. The van der Waals surface area contributed by atoms with Gasteiger partial charge in [0.2, 0.25) is 0 Å². The molecule has 2 aromatic rings. The highest BCUT2D eigenvalue weighted by Gasteiger charge is 2.14. The van der Waals surface area contributed by atoms with Crippen molar-refractivity contribution in [1.29, 1.82) is 0 Å². The van der Waals surface area contributed by atoms with E-state index in [0.29, 0.717) is 10.0 Å². The lowest BCUT2D eigenvalue weighted by Crippen LogP contribution is -2.09. The lowest BCUT2D eigenvalue weighted by Gasteiger charge is -2.07. The molecule has 2 rings (SSSR count). The average molecular weight is 380 g/mol. The van der Waals surface area contributed by atoms with Crippen LogP contribution in [0, 0.1) is 0 Å². The topological polar surface area (TPSA) is 26.3 Å². The molecule has 0 amide bonds. The van der Waals surface area contributed by atoms with Crippen LogP contribution < -0.4 is 4.74 Å². The fourth-order valence-corrected chi connectivity index (χ4v) is 2.57. The van der Waals surface area contributed by atoms with Crippen LogP contribution in [0.5, 0.6) is 5.75 Å². The first-order valence-electron chi connectivity index (χ1n) is 5.09. The minimum Gasteiger partial charge on any atom is -0.421 e. The smallest absolute Gasteiger partial charge is 0.345 e. The van der Waals surface area contributed by atoms with Crippen LogP contribution in [0.15, 0.2) is 40.9 Å². The number of hydrogen-bond donors (Lipinski definition) is 0. The quantitative estimate of drug-likeness (QED) is 0.499. The Kier molecular flexibility index (Phi) is 4.74. The van der Waals surface area contributed by atoms with Crippen LogP contribution in [0.25, 0.3) is 0 Å². The Labute approximate surface area is 133 Å². The molecule has 0 atom stereocenters. The van der Waals surface area contributed by atoms with E-state index < -0.39 is 5.97 Å². The summed E-state index contributed by atoms with van der Waals surface area (Å²) >= 11 is 20.9. The molecule has 98 valence electrons. The van der Waals surface area contributed by atoms with Gasteiger partial charge in [0, 0.05) is 9.50 Å². The Hall–Kier alpha value is -0.740. The van der Waals surface area contributed by atoms with E-state index in [0.717, 1.165) is 4.47 Å². The van der Waals surface area contributed by atoms with Crippen LogP contribution in [-0.2, 0) is 0 Å². The standard InChI is InChI=1S/C13H6BrCl3O2/c14-7-1-4-12(11(17)5-7)19-13(18)9-3-2-8(15)6-10(9)16/h1-6H. The molecule has 0 heterocycles. The van der Waals surface area contributed by atoms with Crippen LogP contribution in [-0.4, -0.2) is 5.97 Å². The lowest BCUT2D eigenvalue weighted by molar-refractivity contribution is 0.0735. The average Bonchev–Trinajstić information content (AvgIpc) is 2.32. The van der Waals surface area contributed by atoms with Crippen molar-refractivity contribution in [2.45, 2.75) is 0 Å². The van der Waals surface area contributed by atoms with Crippen LogP contribution in [0.4, 0.5) is 0 Å². The number of esters is 1. The van der Waals surface area contributed by atoms with Gasteiger partial charge in [-0.25, -0.2) is 4.79 Å². The van der Waals surface area contributed by atoms with Gasteiger partial charge < -0.3 is 4.74 Å². The van der Waals surface area contributed by atoms with Gasteiger partial charge >= 0.3 is 5.97 Å². The molecule has 6 heteroatoms. The van der Waals surface area contributed by atoms with Gasteiger partial charge in [-0.2, -0.15) is 0 Å². The van der Waals surface area contributed by atoms with Crippen molar-refractivity contribution in [2.24, 2.45) is 0 Å². The van der Waals surface area contributed by atoms with Crippen LogP contribution in [0.3, 0.4) is 0 Å². The van der Waals surface area contributed by atoms with Crippen molar-refractivity contribution >= 4 is 56.7 Å². The molecule has 0 aliphatic carbocycles. The van der Waals surface area contributed by atoms with Crippen LogP contribution >= 0.6 is 50.7 Å². The number of rotatable bonds is 2. The molecule has 0 N–H and O–H groups in total. The summed E-state index contributed by atoms with van der Waals surface area (Å²) in [5, 5.41) is 1.00. The first-order chi connectivity index (χ1) is 8.97. The second-order valence-electron chi connectivity index (χ2n) is 3.59. The van der Waals surface area contributed by atoms with Crippen LogP contribution in [0.1, 0.15) is 10.4 Å². The predicted octanol–water partition coefficient (Wildman–Crippen LogP) is 5.63. The molecule has 19 heavy (non-hydrogen) atoms. The summed E-state index contributed by atoms with van der Waals surface area (Å²) in [7, 11) is 0. The van der Waals surface area contributed by atoms with E-state index in [4.69, 9.17) is 39.5 Å². The zero-order valence-corrected chi connectivity index (χ0v) is 13.1. The van der Waals surface area contributed by atoms with E-state index in [2.05, 4.69) is 15.9 Å². The number of carbonyl (C=O) groups excluding carboxylic acids is 1. The van der Waals surface area contributed by atoms with E-state index >= 15 is 0 Å². The monoisotopic (exact) mass is 378 g/mol. The summed E-state index contributed by atoms with van der Waals surface area (Å²) in [5.74, 6) is -0.327. The Balaban J connectivity index is 2.25. The highest BCUT2D eigenvalue weighted by atomic mass is 79.9. The van der Waals surface area contributed by atoms with Gasteiger partial charge in [-0.3, -0.25) is 0 Å². The van der Waals surface area contributed by atoms with Crippen LogP contribution in [0.2, 0.25) is 15.1 Å². The predicted molar refractivity (Wildman–Crippen MR) is 80.6 cm³/mol. The Bertz CT molecular complexity index is 644. The molecule has 0 saturated carbocycles. The molecule has 0 spiro atoms. The third-order valence-electron chi connectivity index (χ3n) is 2.25. The molecule has 0 fully saturated rings. The van der Waals surface area contributed by atoms with Gasteiger partial charge in [0.25, 0.3) is 0 Å². The van der Waals surface area contributed by atoms with Crippen molar-refractivity contribution in [2.75, 3.05) is 0 Å². The molecular weight excluding hydrogens is 374 g/mol. The molecule has 0 aromatic heterocycles. The van der Waals surface area contributed by atoms with E-state index in [1.54, 1.807) is 24.3 Å². The third-order valence-corrected chi connectivity index (χ3v) is 3.58. The number of ether oxygens (including phenoxy) is 1. The van der Waals surface area contributed by atoms with E-state index in [9.17, 15) is 4.79 Å². The summed E-state index contributed by atoms with van der Waals surface area (Å²) in [6.45, 7) is 0. The fourth-order valence-electron chi connectivity index (χ4n) is 1.37. The molecule has 2 nitrogen and oxygen atoms in total. The lowest BCUT2D eigenvalue weighted by atomic mass is 10.2. The second kappa shape index (κ2) is 6.14. The zero-order chi connectivity index (χ0) is 14.0. The van der Waals surface area contributed by atoms with Gasteiger partial charge in [-0.15, -0.1) is 0 Å². The van der Waals surface area contributed by atoms with Crippen molar-refractivity contribution in [3.8, 4) is 5.75 Å². The van der Waals surface area contributed by atoms with Gasteiger partial charge in [0.15, 0.2) is 0 Å². The molecule has 2 aromatic carbocycles. The normalized spacial score (nSPS) is 10.3. The third kappa shape index (κ3) is 3.63. The summed E-state index contributed by atoms with van der Waals surface area (Å²) in [5.41, 5.74) is 0.227. The number of halogens is 4. The minimum atomic E-state index is -0.592. The maximum absolute atomic E-state index is 12.0. The SMILES string of the molecule is O=C(Oc1ccc(Br)cc1Cl)c1ccc(Cl)cc1Cl. The zero-order valence-electron chi connectivity index (χ0n) is 9.29. The molecule has 0 bridgehead atoms. The molecule has 0 aliphatic heterocycles. The highest BCUT2D eigenvalue weighted by molar-refractivity contribution is 9.10. The summed E-state index contributed by atoms with van der Waals surface area (Å²) in [4.78, 5) is 12.0. The first-order valence-corrected chi connectivity index (χ1v) is 7.02. The number of benzene rings is 2. The maximum Gasteiger partial charge on any atom is 0.345 e. The number of hydrogen-bond acceptors (Lipinski definition) is 2. The van der Waals surface area contributed by atoms with Gasteiger partial charge in [0.1, 0.15) is 5.75 Å². The summed E-state index contributed by atoms with van der Waals surface area (Å²) in [6, 6.07) is 9.48. The largest absolute Gasteiger partial charge is 0.421 e. The van der Waals surface area contributed by atoms with Gasteiger partial charge in [-0.05, 0) is 36.4 Å². The van der Waals surface area contributed by atoms with E-state index in [1.807, 2.05) is 0 Å². The Morgan fingerprint density at radius 3 is 2.37 bits per heavy atom. The number of carbonyl (C=O) groups is 1. The minimum absolute atomic E-state index is 0.227. The summed E-state index contributed by atoms with van der Waals surface area (Å²) < 4.78 is 5.98. The van der Waals surface area contributed by atoms with Crippen molar-refractivity contribution in [1.82, 2.24) is 0 Å². The molecule has 0 unspecified atom stereocenters. The van der Waals surface area contributed by atoms with Gasteiger partial charge in [-0.1, -0.05) is 50.7 Å². The molecular formula is C13H6BrCl3O2. The first kappa shape index (κ1) is 14.7. The maximum atomic E-state index is 12.0. The summed E-state index contributed by atoms with van der Waals surface area (Å²) in [6.07, 6.45) is 0. The van der Waals surface area contributed by atoms with Crippen molar-refractivity contribution in [3.63, 3.8) is 0 Å². The Morgan fingerprint density at radius 2 is 1.74 bits per heavy atom. The van der Waals surface area contributed by atoms with Gasteiger partial charge in [0.05, 0.1) is 15.6 Å². The van der Waals surface area contributed by atoms with Crippen molar-refractivity contribution in [3.05, 3.63) is 61.5 Å². The molecule has 0 saturated heterocycles. The van der Waals surface area contributed by atoms with E-state index in [-0.39, 0.29) is 16.3 Å². The molecule has 0 radical (unpaired) electrons. The molecule has 0 aliphatic rings. The fraction of sp³-hybridized carbons (Fsp3) is 0. The second-order valence-corrected chi connectivity index (χ2v) is 5.75. The Morgan fingerprint density at radius 1 is 1.00 bits per heavy atom.